The molecule has 1 unspecified atom stereocenters. The van der Waals surface area contributed by atoms with Gasteiger partial charge in [-0.1, -0.05) is 30.3 Å². The molecule has 0 fully saturated rings. The van der Waals surface area contributed by atoms with Crippen molar-refractivity contribution >= 4 is 5.91 Å². The molecule has 1 amide bonds. The third-order valence-corrected chi connectivity index (χ3v) is 2.76. The van der Waals surface area contributed by atoms with Crippen LogP contribution in [0.2, 0.25) is 0 Å². The number of carbonyl (C=O) groups excluding carboxylic acids is 1. The van der Waals surface area contributed by atoms with E-state index in [0.717, 1.165) is 12.8 Å². The van der Waals surface area contributed by atoms with Crippen LogP contribution < -0.4 is 11.1 Å². The van der Waals surface area contributed by atoms with Gasteiger partial charge in [0.2, 0.25) is 5.91 Å². The van der Waals surface area contributed by atoms with Gasteiger partial charge in [-0.25, -0.2) is 0 Å². The second-order valence-electron chi connectivity index (χ2n) is 4.27. The summed E-state index contributed by atoms with van der Waals surface area (Å²) in [5, 5.41) is 2.85. The SMILES string of the molecule is COCCCC(N)C(=O)NCCc1ccccc1. The molecule has 0 bridgehead atoms. The van der Waals surface area contributed by atoms with Gasteiger partial charge in [0.15, 0.2) is 0 Å². The third-order valence-electron chi connectivity index (χ3n) is 2.76. The highest BCUT2D eigenvalue weighted by Gasteiger charge is 2.11. The Balaban J connectivity index is 2.16. The summed E-state index contributed by atoms with van der Waals surface area (Å²) in [7, 11) is 1.64. The van der Waals surface area contributed by atoms with E-state index in [9.17, 15) is 4.79 Å². The molecule has 1 atom stereocenters. The van der Waals surface area contributed by atoms with Crippen LogP contribution in [0.1, 0.15) is 18.4 Å². The van der Waals surface area contributed by atoms with Gasteiger partial charge in [0.1, 0.15) is 0 Å². The molecule has 0 aliphatic rings. The summed E-state index contributed by atoms with van der Waals surface area (Å²) in [4.78, 5) is 11.7. The maximum absolute atomic E-state index is 11.7. The molecule has 3 N–H and O–H groups in total. The largest absolute Gasteiger partial charge is 0.385 e. The Kier molecular flexibility index (Phi) is 7.06. The minimum atomic E-state index is -0.434. The first-order valence-corrected chi connectivity index (χ1v) is 6.30. The van der Waals surface area contributed by atoms with Gasteiger partial charge in [-0.3, -0.25) is 4.79 Å². The summed E-state index contributed by atoms with van der Waals surface area (Å²) in [5.74, 6) is -0.0814. The number of nitrogens with one attached hydrogen (secondary N) is 1. The predicted molar refractivity (Wildman–Crippen MR) is 72.2 cm³/mol. The summed E-state index contributed by atoms with van der Waals surface area (Å²) in [6, 6.07) is 9.63. The molecule has 0 aliphatic heterocycles. The van der Waals surface area contributed by atoms with Crippen LogP contribution in [0.4, 0.5) is 0 Å². The van der Waals surface area contributed by atoms with Crippen LogP contribution in [0.3, 0.4) is 0 Å². The van der Waals surface area contributed by atoms with Crippen molar-refractivity contribution in [1.29, 1.82) is 0 Å². The Morgan fingerprint density at radius 1 is 1.39 bits per heavy atom. The Morgan fingerprint density at radius 2 is 2.11 bits per heavy atom. The van der Waals surface area contributed by atoms with E-state index in [4.69, 9.17) is 10.5 Å². The van der Waals surface area contributed by atoms with Gasteiger partial charge in [-0.2, -0.15) is 0 Å². The van der Waals surface area contributed by atoms with Crippen molar-refractivity contribution in [2.75, 3.05) is 20.3 Å². The molecule has 0 saturated carbocycles. The van der Waals surface area contributed by atoms with Crippen LogP contribution >= 0.6 is 0 Å². The number of rotatable bonds is 8. The standard InChI is InChI=1S/C14H22N2O2/c1-18-11-5-8-13(15)14(17)16-10-9-12-6-3-2-4-7-12/h2-4,6-7,13H,5,8-11,15H2,1H3,(H,16,17). The van der Waals surface area contributed by atoms with Crippen molar-refractivity contribution in [3.8, 4) is 0 Å². The van der Waals surface area contributed by atoms with Gasteiger partial charge in [0.05, 0.1) is 6.04 Å². The molecule has 18 heavy (non-hydrogen) atoms. The molecule has 4 nitrogen and oxygen atoms in total. The molecule has 0 aliphatic carbocycles. The first-order chi connectivity index (χ1) is 8.74. The number of nitrogens with two attached hydrogens (primary N) is 1. The fourth-order valence-corrected chi connectivity index (χ4v) is 1.68. The average Bonchev–Trinajstić information content (AvgIpc) is 2.40. The van der Waals surface area contributed by atoms with Crippen molar-refractivity contribution in [1.82, 2.24) is 5.32 Å². The molecule has 4 heteroatoms. The lowest BCUT2D eigenvalue weighted by molar-refractivity contribution is -0.122. The number of hydrogen-bond donors (Lipinski definition) is 2. The van der Waals surface area contributed by atoms with Crippen LogP contribution in [-0.4, -0.2) is 32.2 Å². The van der Waals surface area contributed by atoms with E-state index in [-0.39, 0.29) is 5.91 Å². The van der Waals surface area contributed by atoms with Crippen molar-refractivity contribution in [2.45, 2.75) is 25.3 Å². The highest BCUT2D eigenvalue weighted by atomic mass is 16.5. The van der Waals surface area contributed by atoms with Gasteiger partial charge < -0.3 is 15.8 Å². The van der Waals surface area contributed by atoms with Gasteiger partial charge in [-0.05, 0) is 24.8 Å². The number of hydrogen-bond acceptors (Lipinski definition) is 3. The molecule has 0 heterocycles. The molecule has 1 rings (SSSR count). The summed E-state index contributed by atoms with van der Waals surface area (Å²) in [5.41, 5.74) is 6.98. The molecular formula is C14H22N2O2. The van der Waals surface area contributed by atoms with Crippen LogP contribution in [0.5, 0.6) is 0 Å². The first kappa shape index (κ1) is 14.7. The van der Waals surface area contributed by atoms with Crippen LogP contribution in [-0.2, 0) is 16.0 Å². The molecule has 1 aromatic rings. The van der Waals surface area contributed by atoms with E-state index in [1.165, 1.54) is 5.56 Å². The van der Waals surface area contributed by atoms with E-state index in [0.29, 0.717) is 19.6 Å². The molecule has 0 spiro atoms. The van der Waals surface area contributed by atoms with Crippen LogP contribution in [0, 0.1) is 0 Å². The number of amides is 1. The van der Waals surface area contributed by atoms with Crippen molar-refractivity contribution in [3.63, 3.8) is 0 Å². The summed E-state index contributed by atoms with van der Waals surface area (Å²) < 4.78 is 4.92. The normalized spacial score (nSPS) is 12.1. The lowest BCUT2D eigenvalue weighted by atomic mass is 10.1. The third kappa shape index (κ3) is 5.80. The molecule has 1 aromatic carbocycles. The molecular weight excluding hydrogens is 228 g/mol. The van der Waals surface area contributed by atoms with Crippen LogP contribution in [0.15, 0.2) is 30.3 Å². The first-order valence-electron chi connectivity index (χ1n) is 6.30. The minimum Gasteiger partial charge on any atom is -0.385 e. The highest BCUT2D eigenvalue weighted by molar-refractivity contribution is 5.81. The smallest absolute Gasteiger partial charge is 0.236 e. The zero-order chi connectivity index (χ0) is 13.2. The zero-order valence-corrected chi connectivity index (χ0v) is 10.9. The van der Waals surface area contributed by atoms with E-state index in [1.54, 1.807) is 7.11 Å². The maximum Gasteiger partial charge on any atom is 0.236 e. The molecule has 100 valence electrons. The lowest BCUT2D eigenvalue weighted by Gasteiger charge is -2.11. The number of ether oxygens (including phenoxy) is 1. The second kappa shape index (κ2) is 8.66. The summed E-state index contributed by atoms with van der Waals surface area (Å²) >= 11 is 0. The Hall–Kier alpha value is -1.39. The van der Waals surface area contributed by atoms with Gasteiger partial charge in [0.25, 0.3) is 0 Å². The quantitative estimate of drug-likeness (QED) is 0.679. The van der Waals surface area contributed by atoms with Gasteiger partial charge >= 0.3 is 0 Å². The van der Waals surface area contributed by atoms with E-state index in [1.807, 2.05) is 30.3 Å². The predicted octanol–water partition coefficient (Wildman–Crippen LogP) is 1.10. The highest BCUT2D eigenvalue weighted by Crippen LogP contribution is 1.99. The Bertz CT molecular complexity index is 341. The molecule has 0 radical (unpaired) electrons. The Labute approximate surface area is 109 Å². The Morgan fingerprint density at radius 3 is 2.78 bits per heavy atom. The average molecular weight is 250 g/mol. The fraction of sp³-hybridized carbons (Fsp3) is 0.500. The molecule has 0 saturated heterocycles. The van der Waals surface area contributed by atoms with Crippen LogP contribution in [0.25, 0.3) is 0 Å². The van der Waals surface area contributed by atoms with Crippen molar-refractivity contribution < 1.29 is 9.53 Å². The lowest BCUT2D eigenvalue weighted by Crippen LogP contribution is -2.41. The summed E-state index contributed by atoms with van der Waals surface area (Å²) in [6.07, 6.45) is 2.30. The topological polar surface area (TPSA) is 64.3 Å². The van der Waals surface area contributed by atoms with E-state index in [2.05, 4.69) is 5.32 Å². The molecule has 0 aromatic heterocycles. The number of benzene rings is 1. The van der Waals surface area contributed by atoms with Gasteiger partial charge in [0, 0.05) is 20.3 Å². The maximum atomic E-state index is 11.7. The number of carbonyl (C=O) groups is 1. The summed E-state index contributed by atoms with van der Waals surface area (Å²) in [6.45, 7) is 1.27. The second-order valence-corrected chi connectivity index (χ2v) is 4.27. The minimum absolute atomic E-state index is 0.0814. The van der Waals surface area contributed by atoms with E-state index < -0.39 is 6.04 Å². The van der Waals surface area contributed by atoms with Crippen molar-refractivity contribution in [2.24, 2.45) is 5.73 Å². The van der Waals surface area contributed by atoms with Crippen molar-refractivity contribution in [3.05, 3.63) is 35.9 Å². The van der Waals surface area contributed by atoms with E-state index >= 15 is 0 Å². The zero-order valence-electron chi connectivity index (χ0n) is 10.9. The fourth-order valence-electron chi connectivity index (χ4n) is 1.68. The number of methoxy groups -OCH3 is 1. The monoisotopic (exact) mass is 250 g/mol. The van der Waals surface area contributed by atoms with Gasteiger partial charge in [-0.15, -0.1) is 0 Å².